The van der Waals surface area contributed by atoms with Crippen molar-refractivity contribution >= 4 is 0 Å². The largest absolute Gasteiger partial charge is 0.389 e. The molecule has 2 rings (SSSR count). The summed E-state index contributed by atoms with van der Waals surface area (Å²) in [7, 11) is 0. The molecule has 16 heavy (non-hydrogen) atoms. The van der Waals surface area contributed by atoms with E-state index in [9.17, 15) is 5.11 Å². The fraction of sp³-hybridized carbons (Fsp3) is 0.769. The Kier molecular flexibility index (Phi) is 2.82. The number of hydrogen-bond acceptors (Lipinski definition) is 2. The third-order valence-electron chi connectivity index (χ3n) is 4.16. The van der Waals surface area contributed by atoms with Crippen molar-refractivity contribution in [3.8, 4) is 0 Å². The van der Waals surface area contributed by atoms with Crippen molar-refractivity contribution < 1.29 is 5.11 Å². The van der Waals surface area contributed by atoms with Crippen molar-refractivity contribution in [3.63, 3.8) is 0 Å². The summed E-state index contributed by atoms with van der Waals surface area (Å²) >= 11 is 0. The highest BCUT2D eigenvalue weighted by atomic mass is 16.3. The Morgan fingerprint density at radius 2 is 2.19 bits per heavy atom. The summed E-state index contributed by atoms with van der Waals surface area (Å²) in [4.78, 5) is 0. The van der Waals surface area contributed by atoms with Crippen LogP contribution < -0.4 is 0 Å². The van der Waals surface area contributed by atoms with Crippen LogP contribution in [0.4, 0.5) is 0 Å². The van der Waals surface area contributed by atoms with Gasteiger partial charge in [0.2, 0.25) is 0 Å². The molecule has 0 spiro atoms. The molecular weight excluding hydrogens is 200 g/mol. The van der Waals surface area contributed by atoms with E-state index in [1.54, 1.807) is 0 Å². The lowest BCUT2D eigenvalue weighted by atomic mass is 9.75. The number of aliphatic hydroxyl groups is 1. The molecule has 1 aromatic rings. The van der Waals surface area contributed by atoms with Gasteiger partial charge in [-0.05, 0) is 37.2 Å². The predicted octanol–water partition coefficient (Wildman–Crippen LogP) is 2.39. The van der Waals surface area contributed by atoms with Gasteiger partial charge >= 0.3 is 0 Å². The Morgan fingerprint density at radius 3 is 2.69 bits per heavy atom. The fourth-order valence-corrected chi connectivity index (χ4v) is 2.73. The summed E-state index contributed by atoms with van der Waals surface area (Å²) in [5.74, 6) is 0. The van der Waals surface area contributed by atoms with Crippen molar-refractivity contribution in [3.05, 3.63) is 18.0 Å². The zero-order chi connectivity index (χ0) is 11.8. The lowest BCUT2D eigenvalue weighted by Crippen LogP contribution is -2.41. The van der Waals surface area contributed by atoms with E-state index in [2.05, 4.69) is 25.9 Å². The monoisotopic (exact) mass is 222 g/mol. The molecule has 1 aromatic heterocycles. The molecule has 1 heterocycles. The van der Waals surface area contributed by atoms with Crippen LogP contribution in [0.3, 0.4) is 0 Å². The first kappa shape index (κ1) is 11.6. The Balaban J connectivity index is 2.14. The molecule has 1 aliphatic rings. The van der Waals surface area contributed by atoms with Crippen molar-refractivity contribution in [2.24, 2.45) is 5.41 Å². The van der Waals surface area contributed by atoms with E-state index in [0.29, 0.717) is 0 Å². The molecule has 0 saturated heterocycles. The zero-order valence-electron chi connectivity index (χ0n) is 10.5. The summed E-state index contributed by atoms with van der Waals surface area (Å²) in [6, 6.07) is 0. The average molecular weight is 222 g/mol. The van der Waals surface area contributed by atoms with Crippen molar-refractivity contribution in [1.29, 1.82) is 0 Å². The molecule has 0 aromatic carbocycles. The second kappa shape index (κ2) is 3.88. The van der Waals surface area contributed by atoms with Gasteiger partial charge in [0.1, 0.15) is 0 Å². The predicted molar refractivity (Wildman–Crippen MR) is 64.2 cm³/mol. The molecule has 1 N–H and O–H groups in total. The maximum atomic E-state index is 10.7. The lowest BCUT2D eigenvalue weighted by Gasteiger charge is -2.36. The topological polar surface area (TPSA) is 38.0 Å². The molecule has 0 amide bonds. The van der Waals surface area contributed by atoms with Crippen LogP contribution in [0, 0.1) is 5.41 Å². The molecule has 1 unspecified atom stereocenters. The molecule has 3 nitrogen and oxygen atoms in total. The van der Waals surface area contributed by atoms with Crippen molar-refractivity contribution in [2.45, 2.75) is 58.6 Å². The highest BCUT2D eigenvalue weighted by Gasteiger charge is 2.47. The van der Waals surface area contributed by atoms with E-state index in [4.69, 9.17) is 0 Å². The van der Waals surface area contributed by atoms with Gasteiger partial charge in [-0.15, -0.1) is 0 Å². The van der Waals surface area contributed by atoms with Gasteiger partial charge in [0.05, 0.1) is 11.8 Å². The second-order valence-corrected chi connectivity index (χ2v) is 5.65. The lowest BCUT2D eigenvalue weighted by molar-refractivity contribution is -0.0419. The molecule has 1 fully saturated rings. The Bertz CT molecular complexity index is 370. The van der Waals surface area contributed by atoms with E-state index in [-0.39, 0.29) is 5.41 Å². The number of hydrogen-bond donors (Lipinski definition) is 1. The molecule has 3 heteroatoms. The van der Waals surface area contributed by atoms with Crippen LogP contribution >= 0.6 is 0 Å². The quantitative estimate of drug-likeness (QED) is 0.852. The molecule has 0 aliphatic heterocycles. The second-order valence-electron chi connectivity index (χ2n) is 5.65. The fourth-order valence-electron chi connectivity index (χ4n) is 2.73. The molecular formula is C13H22N2O. The third kappa shape index (κ3) is 1.88. The van der Waals surface area contributed by atoms with Gasteiger partial charge in [0.25, 0.3) is 0 Å². The van der Waals surface area contributed by atoms with Crippen LogP contribution in [0.25, 0.3) is 0 Å². The summed E-state index contributed by atoms with van der Waals surface area (Å²) < 4.78 is 1.92. The Morgan fingerprint density at radius 1 is 1.44 bits per heavy atom. The Hall–Kier alpha value is -0.830. The summed E-state index contributed by atoms with van der Waals surface area (Å²) in [5.41, 5.74) is 0.634. The zero-order valence-corrected chi connectivity index (χ0v) is 10.5. The maximum Gasteiger partial charge on any atom is 0.0739 e. The van der Waals surface area contributed by atoms with Crippen LogP contribution in [0.5, 0.6) is 0 Å². The van der Waals surface area contributed by atoms with Crippen LogP contribution in [-0.4, -0.2) is 20.5 Å². The van der Waals surface area contributed by atoms with E-state index in [1.165, 1.54) is 0 Å². The molecule has 1 aliphatic carbocycles. The highest BCUT2D eigenvalue weighted by molar-refractivity contribution is 5.13. The molecule has 1 saturated carbocycles. The number of rotatable bonds is 3. The molecule has 1 atom stereocenters. The SMILES string of the molecule is CCn1cc(CC2(O)CCCC2(C)C)cn1. The first-order valence-corrected chi connectivity index (χ1v) is 6.20. The molecule has 0 radical (unpaired) electrons. The van der Waals surface area contributed by atoms with Crippen LogP contribution in [-0.2, 0) is 13.0 Å². The maximum absolute atomic E-state index is 10.7. The van der Waals surface area contributed by atoms with Crippen molar-refractivity contribution in [1.82, 2.24) is 9.78 Å². The summed E-state index contributed by atoms with van der Waals surface area (Å²) in [6.07, 6.45) is 7.83. The standard InChI is InChI=1S/C13H22N2O/c1-4-15-10-11(9-14-15)8-13(16)7-5-6-12(13,2)3/h9-10,16H,4-8H2,1-3H3. The normalized spacial score (nSPS) is 28.5. The number of aromatic nitrogens is 2. The molecule has 0 bridgehead atoms. The van der Waals surface area contributed by atoms with Crippen LogP contribution in [0.15, 0.2) is 12.4 Å². The van der Waals surface area contributed by atoms with Gasteiger partial charge in [0.15, 0.2) is 0 Å². The van der Waals surface area contributed by atoms with E-state index in [1.807, 2.05) is 17.1 Å². The van der Waals surface area contributed by atoms with Crippen molar-refractivity contribution in [2.75, 3.05) is 0 Å². The van der Waals surface area contributed by atoms with E-state index < -0.39 is 5.60 Å². The number of nitrogens with zero attached hydrogens (tertiary/aromatic N) is 2. The molecule has 90 valence electrons. The Labute approximate surface area is 97.5 Å². The van der Waals surface area contributed by atoms with Gasteiger partial charge in [-0.1, -0.05) is 13.8 Å². The minimum absolute atomic E-state index is 0.0291. The van der Waals surface area contributed by atoms with Gasteiger partial charge in [-0.25, -0.2) is 0 Å². The van der Waals surface area contributed by atoms with Gasteiger partial charge in [0, 0.05) is 19.2 Å². The van der Waals surface area contributed by atoms with Crippen LogP contribution in [0.1, 0.15) is 45.6 Å². The van der Waals surface area contributed by atoms with Gasteiger partial charge < -0.3 is 5.11 Å². The smallest absolute Gasteiger partial charge is 0.0739 e. The first-order valence-electron chi connectivity index (χ1n) is 6.20. The van der Waals surface area contributed by atoms with Crippen LogP contribution in [0.2, 0.25) is 0 Å². The van der Waals surface area contributed by atoms with Gasteiger partial charge in [-0.3, -0.25) is 4.68 Å². The minimum Gasteiger partial charge on any atom is -0.389 e. The summed E-state index contributed by atoms with van der Waals surface area (Å²) in [5, 5.41) is 15.0. The number of aryl methyl sites for hydroxylation is 1. The van der Waals surface area contributed by atoms with E-state index in [0.717, 1.165) is 37.8 Å². The highest BCUT2D eigenvalue weighted by Crippen LogP contribution is 2.47. The summed E-state index contributed by atoms with van der Waals surface area (Å²) in [6.45, 7) is 7.31. The minimum atomic E-state index is -0.547. The third-order valence-corrected chi connectivity index (χ3v) is 4.16. The van der Waals surface area contributed by atoms with Gasteiger partial charge in [-0.2, -0.15) is 5.10 Å². The average Bonchev–Trinajstić information content (AvgIpc) is 2.73. The first-order chi connectivity index (χ1) is 7.47. The van der Waals surface area contributed by atoms with E-state index >= 15 is 0 Å².